The molecule has 0 aliphatic rings. The van der Waals surface area contributed by atoms with Crippen LogP contribution in [-0.4, -0.2) is 30.5 Å². The maximum absolute atomic E-state index is 11.9. The van der Waals surface area contributed by atoms with Gasteiger partial charge < -0.3 is 20.7 Å². The van der Waals surface area contributed by atoms with Gasteiger partial charge in [0.1, 0.15) is 17.6 Å². The number of carbonyl (C=O) groups is 1. The monoisotopic (exact) mass is 298 g/mol. The number of aromatic hydroxyl groups is 1. The Kier molecular flexibility index (Phi) is 3.57. The summed E-state index contributed by atoms with van der Waals surface area (Å²) in [6, 6.07) is 6.39. The van der Waals surface area contributed by atoms with Crippen LogP contribution in [0.5, 0.6) is 5.75 Å². The lowest BCUT2D eigenvalue weighted by molar-refractivity contribution is -0.116. The highest BCUT2D eigenvalue weighted by molar-refractivity contribution is 5.91. The Balaban J connectivity index is 1.66. The van der Waals surface area contributed by atoms with Crippen molar-refractivity contribution >= 4 is 28.6 Å². The van der Waals surface area contributed by atoms with E-state index in [2.05, 4.69) is 20.3 Å². The molecule has 22 heavy (non-hydrogen) atoms. The van der Waals surface area contributed by atoms with E-state index in [1.807, 2.05) is 0 Å². The number of nitrogen functional groups attached to an aromatic ring is 1. The van der Waals surface area contributed by atoms with Crippen molar-refractivity contribution in [3.8, 4) is 5.75 Å². The van der Waals surface area contributed by atoms with Crippen LogP contribution in [0.25, 0.3) is 11.2 Å². The van der Waals surface area contributed by atoms with Gasteiger partial charge in [-0.05, 0) is 12.1 Å². The fourth-order valence-electron chi connectivity index (χ4n) is 2.09. The zero-order valence-electron chi connectivity index (χ0n) is 11.6. The summed E-state index contributed by atoms with van der Waals surface area (Å²) in [5.41, 5.74) is 7.38. The predicted octanol–water partition coefficient (Wildman–Crippen LogP) is 1.14. The average molecular weight is 298 g/mol. The number of nitrogens with zero attached hydrogens (tertiary/aromatic N) is 4. The van der Waals surface area contributed by atoms with Crippen molar-refractivity contribution in [2.24, 2.45) is 0 Å². The Bertz CT molecular complexity index is 829. The molecular formula is C14H14N6O2. The fourth-order valence-corrected chi connectivity index (χ4v) is 2.09. The molecule has 112 valence electrons. The number of amides is 1. The molecule has 2 heterocycles. The zero-order valence-corrected chi connectivity index (χ0v) is 11.6. The maximum atomic E-state index is 11.9. The molecule has 1 amide bonds. The second kappa shape index (κ2) is 5.68. The highest BCUT2D eigenvalue weighted by Crippen LogP contribution is 2.16. The van der Waals surface area contributed by atoms with Crippen LogP contribution in [0.2, 0.25) is 0 Å². The molecule has 8 heteroatoms. The number of anilines is 2. The van der Waals surface area contributed by atoms with E-state index in [4.69, 9.17) is 5.73 Å². The van der Waals surface area contributed by atoms with Gasteiger partial charge in [-0.15, -0.1) is 0 Å². The molecule has 0 unspecified atom stereocenters. The number of phenolic OH excluding ortho intramolecular Hbond substituents is 1. The molecule has 0 bridgehead atoms. The second-order valence-electron chi connectivity index (χ2n) is 4.72. The van der Waals surface area contributed by atoms with E-state index in [0.29, 0.717) is 29.2 Å². The Morgan fingerprint density at radius 1 is 1.32 bits per heavy atom. The van der Waals surface area contributed by atoms with Gasteiger partial charge >= 0.3 is 0 Å². The first kappa shape index (κ1) is 13.8. The van der Waals surface area contributed by atoms with E-state index >= 15 is 0 Å². The molecule has 4 N–H and O–H groups in total. The normalized spacial score (nSPS) is 10.7. The molecule has 0 atom stereocenters. The Hall–Kier alpha value is -3.16. The average Bonchev–Trinajstić information content (AvgIpc) is 2.90. The van der Waals surface area contributed by atoms with Gasteiger partial charge in [0.25, 0.3) is 0 Å². The van der Waals surface area contributed by atoms with Crippen LogP contribution in [-0.2, 0) is 11.3 Å². The van der Waals surface area contributed by atoms with E-state index in [9.17, 15) is 9.90 Å². The van der Waals surface area contributed by atoms with E-state index in [1.54, 1.807) is 23.0 Å². The van der Waals surface area contributed by atoms with Crippen LogP contribution in [0, 0.1) is 0 Å². The third-order valence-electron chi connectivity index (χ3n) is 3.14. The van der Waals surface area contributed by atoms with E-state index in [0.717, 1.165) is 0 Å². The number of benzene rings is 1. The van der Waals surface area contributed by atoms with E-state index in [-0.39, 0.29) is 18.1 Å². The van der Waals surface area contributed by atoms with Gasteiger partial charge in [-0.2, -0.15) is 0 Å². The first-order valence-corrected chi connectivity index (χ1v) is 6.63. The van der Waals surface area contributed by atoms with E-state index < -0.39 is 0 Å². The van der Waals surface area contributed by atoms with Gasteiger partial charge in [0.15, 0.2) is 11.5 Å². The minimum absolute atomic E-state index is 0.102. The number of hydrogen-bond donors (Lipinski definition) is 3. The van der Waals surface area contributed by atoms with Crippen molar-refractivity contribution in [2.45, 2.75) is 13.0 Å². The zero-order chi connectivity index (χ0) is 15.5. The summed E-state index contributed by atoms with van der Waals surface area (Å²) in [6.45, 7) is 0.414. The molecule has 1 aromatic carbocycles. The molecule has 2 aromatic heterocycles. The van der Waals surface area contributed by atoms with Crippen LogP contribution in [0.3, 0.4) is 0 Å². The summed E-state index contributed by atoms with van der Waals surface area (Å²) < 4.78 is 1.75. The van der Waals surface area contributed by atoms with Crippen molar-refractivity contribution in [3.63, 3.8) is 0 Å². The highest BCUT2D eigenvalue weighted by Gasteiger charge is 2.09. The third kappa shape index (κ3) is 2.80. The number of phenols is 1. The van der Waals surface area contributed by atoms with Crippen LogP contribution in [0.15, 0.2) is 36.9 Å². The first-order valence-electron chi connectivity index (χ1n) is 6.63. The maximum Gasteiger partial charge on any atom is 0.226 e. The number of carbonyl (C=O) groups excluding carboxylic acids is 1. The number of hydrogen-bond acceptors (Lipinski definition) is 6. The minimum atomic E-state index is -0.172. The van der Waals surface area contributed by atoms with Gasteiger partial charge in [0.05, 0.1) is 6.33 Å². The molecular weight excluding hydrogens is 284 g/mol. The molecule has 0 radical (unpaired) electrons. The smallest absolute Gasteiger partial charge is 0.226 e. The van der Waals surface area contributed by atoms with Crippen LogP contribution in [0.4, 0.5) is 11.5 Å². The van der Waals surface area contributed by atoms with Crippen molar-refractivity contribution in [3.05, 3.63) is 36.9 Å². The predicted molar refractivity (Wildman–Crippen MR) is 81.1 cm³/mol. The number of aryl methyl sites for hydroxylation is 1. The van der Waals surface area contributed by atoms with Crippen LogP contribution in [0.1, 0.15) is 6.42 Å². The molecule has 0 fully saturated rings. The summed E-state index contributed by atoms with van der Waals surface area (Å²) in [6.07, 6.45) is 3.19. The molecule has 3 rings (SSSR count). The molecule has 0 spiro atoms. The molecule has 0 saturated heterocycles. The Morgan fingerprint density at radius 3 is 3.00 bits per heavy atom. The SMILES string of the molecule is Nc1ncnc2c1ncn2CCC(=O)Nc1cccc(O)c1. The van der Waals surface area contributed by atoms with Crippen molar-refractivity contribution in [2.75, 3.05) is 11.1 Å². The summed E-state index contributed by atoms with van der Waals surface area (Å²) in [7, 11) is 0. The first-order chi connectivity index (χ1) is 10.6. The summed E-state index contributed by atoms with van der Waals surface area (Å²) in [5, 5.41) is 12.1. The molecule has 0 aliphatic heterocycles. The topological polar surface area (TPSA) is 119 Å². The second-order valence-corrected chi connectivity index (χ2v) is 4.72. The molecule has 0 aliphatic carbocycles. The summed E-state index contributed by atoms with van der Waals surface area (Å²) >= 11 is 0. The lowest BCUT2D eigenvalue weighted by atomic mass is 10.3. The third-order valence-corrected chi connectivity index (χ3v) is 3.14. The Labute approximate surface area is 125 Å². The number of imidazole rings is 1. The van der Waals surface area contributed by atoms with Crippen molar-refractivity contribution in [1.29, 1.82) is 0 Å². The number of nitrogens with one attached hydrogen (secondary N) is 1. The standard InChI is InChI=1S/C14H14N6O2/c15-13-12-14(17-7-16-13)20(8-18-12)5-4-11(22)19-9-2-1-3-10(21)6-9/h1-3,6-8,21H,4-5H2,(H,19,22)(H2,15,16,17). The fraction of sp³-hybridized carbons (Fsp3) is 0.143. The van der Waals surface area contributed by atoms with Crippen LogP contribution < -0.4 is 11.1 Å². The van der Waals surface area contributed by atoms with E-state index in [1.165, 1.54) is 18.5 Å². The quantitative estimate of drug-likeness (QED) is 0.664. The van der Waals surface area contributed by atoms with Gasteiger partial charge in [-0.1, -0.05) is 6.07 Å². The van der Waals surface area contributed by atoms with Crippen LogP contribution >= 0.6 is 0 Å². The molecule has 0 saturated carbocycles. The van der Waals surface area contributed by atoms with Gasteiger partial charge in [-0.25, -0.2) is 15.0 Å². The number of fused-ring (bicyclic) bond motifs is 1. The molecule has 3 aromatic rings. The van der Waals surface area contributed by atoms with Gasteiger partial charge in [0.2, 0.25) is 5.91 Å². The van der Waals surface area contributed by atoms with Crippen molar-refractivity contribution < 1.29 is 9.90 Å². The lowest BCUT2D eigenvalue weighted by Gasteiger charge is -2.06. The van der Waals surface area contributed by atoms with Gasteiger partial charge in [0, 0.05) is 24.7 Å². The number of aromatic nitrogens is 4. The lowest BCUT2D eigenvalue weighted by Crippen LogP contribution is -2.14. The number of rotatable bonds is 4. The largest absolute Gasteiger partial charge is 0.508 e. The number of nitrogens with two attached hydrogens (primary N) is 1. The van der Waals surface area contributed by atoms with Gasteiger partial charge in [-0.3, -0.25) is 4.79 Å². The highest BCUT2D eigenvalue weighted by atomic mass is 16.3. The minimum Gasteiger partial charge on any atom is -0.508 e. The summed E-state index contributed by atoms with van der Waals surface area (Å²) in [4.78, 5) is 24.1. The Morgan fingerprint density at radius 2 is 2.18 bits per heavy atom. The van der Waals surface area contributed by atoms with Crippen molar-refractivity contribution in [1.82, 2.24) is 19.5 Å². The summed E-state index contributed by atoms with van der Waals surface area (Å²) in [5.74, 6) is 0.244. The molecule has 8 nitrogen and oxygen atoms in total.